The second kappa shape index (κ2) is 2.17. The summed E-state index contributed by atoms with van der Waals surface area (Å²) in [5.41, 5.74) is -0.271. The van der Waals surface area contributed by atoms with Gasteiger partial charge in [0.15, 0.2) is 0 Å². The third-order valence-electron chi connectivity index (χ3n) is 2.07. The fourth-order valence-corrected chi connectivity index (χ4v) is 1.35. The van der Waals surface area contributed by atoms with Crippen LogP contribution >= 0.6 is 0 Å². The predicted octanol–water partition coefficient (Wildman–Crippen LogP) is 1.15. The molecule has 1 aliphatic carbocycles. The summed E-state index contributed by atoms with van der Waals surface area (Å²) < 4.78 is 0. The maximum atomic E-state index is 10.9. The van der Waals surface area contributed by atoms with E-state index < -0.39 is 11.4 Å². The molecule has 0 spiro atoms. The first-order chi connectivity index (χ1) is 5.76. The molecule has 2 aliphatic rings. The maximum Gasteiger partial charge on any atom is 0.323 e. The molecule has 0 fully saturated rings. The number of nitrogens with zero attached hydrogens (tertiary/aromatic N) is 1. The van der Waals surface area contributed by atoms with Gasteiger partial charge in [0.25, 0.3) is 0 Å². The molecule has 1 heterocycles. The Kier molecular flexibility index (Phi) is 1.27. The van der Waals surface area contributed by atoms with Gasteiger partial charge in [-0.2, -0.15) is 0 Å². The fourth-order valence-electron chi connectivity index (χ4n) is 1.35. The van der Waals surface area contributed by atoms with E-state index in [0.29, 0.717) is 0 Å². The average molecular weight is 161 g/mol. The van der Waals surface area contributed by atoms with E-state index in [2.05, 4.69) is 4.99 Å². The van der Waals surface area contributed by atoms with Crippen LogP contribution in [0.5, 0.6) is 0 Å². The highest BCUT2D eigenvalue weighted by Gasteiger charge is 2.40. The van der Waals surface area contributed by atoms with Crippen LogP contribution in [-0.4, -0.2) is 17.3 Å². The molecule has 1 aliphatic heterocycles. The summed E-state index contributed by atoms with van der Waals surface area (Å²) >= 11 is 0. The molecule has 0 bridgehead atoms. The van der Waals surface area contributed by atoms with E-state index in [-0.39, 0.29) is 0 Å². The molecule has 3 heteroatoms. The molecule has 0 aromatic rings. The van der Waals surface area contributed by atoms with Gasteiger partial charge in [0.05, 0.1) is 0 Å². The summed E-state index contributed by atoms with van der Waals surface area (Å²) in [6.07, 6.45) is 9.96. The van der Waals surface area contributed by atoms with E-state index in [4.69, 9.17) is 5.11 Å². The highest BCUT2D eigenvalue weighted by Crippen LogP contribution is 2.34. The summed E-state index contributed by atoms with van der Waals surface area (Å²) in [7, 11) is 0. The molecule has 0 aromatic carbocycles. The van der Waals surface area contributed by atoms with Crippen molar-refractivity contribution in [2.45, 2.75) is 0 Å². The first-order valence-electron chi connectivity index (χ1n) is 3.60. The SMILES string of the molecule is O=C(O)C12C=CC=CC1=CN=C2. The Morgan fingerprint density at radius 2 is 2.33 bits per heavy atom. The van der Waals surface area contributed by atoms with Crippen LogP contribution in [0, 0.1) is 5.41 Å². The summed E-state index contributed by atoms with van der Waals surface area (Å²) in [6.45, 7) is 0. The number of aliphatic carboxylic acids is 1. The van der Waals surface area contributed by atoms with Crippen LogP contribution in [0.15, 0.2) is 41.1 Å². The van der Waals surface area contributed by atoms with Crippen LogP contribution in [0.2, 0.25) is 0 Å². The molecule has 1 unspecified atom stereocenters. The summed E-state index contributed by atoms with van der Waals surface area (Å²) in [4.78, 5) is 14.8. The van der Waals surface area contributed by atoms with Gasteiger partial charge >= 0.3 is 5.97 Å². The average Bonchev–Trinajstić information content (AvgIpc) is 2.48. The lowest BCUT2D eigenvalue weighted by Crippen LogP contribution is -2.31. The molecule has 2 rings (SSSR count). The summed E-state index contributed by atoms with van der Waals surface area (Å²) in [5, 5.41) is 8.98. The van der Waals surface area contributed by atoms with E-state index in [0.717, 1.165) is 5.57 Å². The first kappa shape index (κ1) is 7.03. The third kappa shape index (κ3) is 0.704. The number of carboxylic acid groups (broad SMARTS) is 1. The minimum absolute atomic E-state index is 0.720. The summed E-state index contributed by atoms with van der Waals surface area (Å²) in [6, 6.07) is 0. The largest absolute Gasteiger partial charge is 0.480 e. The van der Waals surface area contributed by atoms with Crippen molar-refractivity contribution in [2.24, 2.45) is 10.4 Å². The number of allylic oxidation sites excluding steroid dienone is 3. The van der Waals surface area contributed by atoms with E-state index in [1.165, 1.54) is 6.21 Å². The van der Waals surface area contributed by atoms with Crippen molar-refractivity contribution in [2.75, 3.05) is 0 Å². The highest BCUT2D eigenvalue weighted by atomic mass is 16.4. The molecule has 1 N–H and O–H groups in total. The van der Waals surface area contributed by atoms with Gasteiger partial charge in [0.2, 0.25) is 0 Å². The van der Waals surface area contributed by atoms with Crippen LogP contribution < -0.4 is 0 Å². The van der Waals surface area contributed by atoms with Gasteiger partial charge in [-0.05, 0) is 5.57 Å². The number of carbonyl (C=O) groups is 1. The van der Waals surface area contributed by atoms with Crippen molar-refractivity contribution in [1.82, 2.24) is 0 Å². The number of rotatable bonds is 1. The minimum atomic E-state index is -0.991. The van der Waals surface area contributed by atoms with Crippen molar-refractivity contribution in [3.8, 4) is 0 Å². The van der Waals surface area contributed by atoms with Crippen LogP contribution in [0.3, 0.4) is 0 Å². The Labute approximate surface area is 69.4 Å². The number of aliphatic imine (C=N–C) groups is 1. The molecular weight excluding hydrogens is 154 g/mol. The zero-order valence-corrected chi connectivity index (χ0v) is 6.27. The lowest BCUT2D eigenvalue weighted by Gasteiger charge is -2.20. The number of hydrogen-bond acceptors (Lipinski definition) is 2. The molecule has 60 valence electrons. The van der Waals surface area contributed by atoms with Crippen LogP contribution in [0.1, 0.15) is 0 Å². The zero-order chi connectivity index (χ0) is 8.60. The van der Waals surface area contributed by atoms with Gasteiger partial charge in [-0.1, -0.05) is 24.3 Å². The summed E-state index contributed by atoms with van der Waals surface area (Å²) in [5.74, 6) is -0.879. The molecular formula is C9H7NO2. The van der Waals surface area contributed by atoms with Gasteiger partial charge in [-0.25, -0.2) is 0 Å². The van der Waals surface area contributed by atoms with Crippen molar-refractivity contribution in [1.29, 1.82) is 0 Å². The van der Waals surface area contributed by atoms with Crippen molar-refractivity contribution in [3.05, 3.63) is 36.1 Å². The Morgan fingerprint density at radius 3 is 3.00 bits per heavy atom. The second-order valence-electron chi connectivity index (χ2n) is 2.76. The molecule has 0 saturated heterocycles. The third-order valence-corrected chi connectivity index (χ3v) is 2.07. The molecule has 12 heavy (non-hydrogen) atoms. The van der Waals surface area contributed by atoms with Crippen molar-refractivity contribution < 1.29 is 9.90 Å². The number of fused-ring (bicyclic) bond motifs is 1. The normalized spacial score (nSPS) is 30.2. The van der Waals surface area contributed by atoms with E-state index in [1.54, 1.807) is 24.4 Å². The Bertz CT molecular complexity index is 350. The minimum Gasteiger partial charge on any atom is -0.480 e. The molecule has 0 saturated carbocycles. The van der Waals surface area contributed by atoms with Gasteiger partial charge in [0, 0.05) is 12.4 Å². The Hall–Kier alpha value is -1.64. The van der Waals surface area contributed by atoms with Crippen LogP contribution in [-0.2, 0) is 4.79 Å². The Balaban J connectivity index is 2.54. The Morgan fingerprint density at radius 1 is 1.50 bits per heavy atom. The van der Waals surface area contributed by atoms with Crippen LogP contribution in [0.25, 0.3) is 0 Å². The molecule has 3 nitrogen and oxygen atoms in total. The quantitative estimate of drug-likeness (QED) is 0.627. The smallest absolute Gasteiger partial charge is 0.323 e. The number of carboxylic acids is 1. The predicted molar refractivity (Wildman–Crippen MR) is 44.9 cm³/mol. The highest BCUT2D eigenvalue weighted by molar-refractivity contribution is 6.03. The molecule has 0 aromatic heterocycles. The first-order valence-corrected chi connectivity index (χ1v) is 3.60. The lowest BCUT2D eigenvalue weighted by atomic mass is 9.80. The van der Waals surface area contributed by atoms with Crippen molar-refractivity contribution in [3.63, 3.8) is 0 Å². The topological polar surface area (TPSA) is 49.7 Å². The van der Waals surface area contributed by atoms with Gasteiger partial charge in [-0.3, -0.25) is 9.79 Å². The monoisotopic (exact) mass is 161 g/mol. The maximum absolute atomic E-state index is 10.9. The standard InChI is InChI=1S/C9H7NO2/c11-8(12)9-4-2-1-3-7(9)5-10-6-9/h1-6H,(H,11,12). The second-order valence-corrected chi connectivity index (χ2v) is 2.76. The van der Waals surface area contributed by atoms with Gasteiger partial charge in [0.1, 0.15) is 5.41 Å². The van der Waals surface area contributed by atoms with Gasteiger partial charge < -0.3 is 5.11 Å². The van der Waals surface area contributed by atoms with E-state index >= 15 is 0 Å². The van der Waals surface area contributed by atoms with Gasteiger partial charge in [-0.15, -0.1) is 0 Å². The fraction of sp³-hybridized carbons (Fsp3) is 0.111. The van der Waals surface area contributed by atoms with E-state index in [9.17, 15) is 4.79 Å². The van der Waals surface area contributed by atoms with Crippen LogP contribution in [0.4, 0.5) is 0 Å². The van der Waals surface area contributed by atoms with E-state index in [1.807, 2.05) is 6.08 Å². The van der Waals surface area contributed by atoms with Crippen molar-refractivity contribution >= 4 is 12.2 Å². The lowest BCUT2D eigenvalue weighted by molar-refractivity contribution is -0.140. The molecule has 1 atom stereocenters. The zero-order valence-electron chi connectivity index (χ0n) is 6.27. The number of hydrogen-bond donors (Lipinski definition) is 1. The molecule has 0 amide bonds. The molecule has 0 radical (unpaired) electrons.